The molecule has 0 radical (unpaired) electrons. The molecule has 1 atom stereocenters. The lowest BCUT2D eigenvalue weighted by atomic mass is 9.92. The zero-order valence-corrected chi connectivity index (χ0v) is 20.8. The molecule has 0 fully saturated rings. The van der Waals surface area contributed by atoms with Crippen LogP contribution < -0.4 is 9.47 Å². The molecule has 4 heterocycles. The number of hydrogen-bond acceptors (Lipinski definition) is 7. The summed E-state index contributed by atoms with van der Waals surface area (Å²) < 4.78 is 39.2. The molecule has 9 heteroatoms. The van der Waals surface area contributed by atoms with Crippen molar-refractivity contribution >= 4 is 10.0 Å². The number of nitrogens with zero attached hydrogens (tertiary/aromatic N) is 3. The summed E-state index contributed by atoms with van der Waals surface area (Å²) >= 11 is 0. The first-order chi connectivity index (χ1) is 16.9. The largest absolute Gasteiger partial charge is 0.486 e. The Morgan fingerprint density at radius 1 is 0.971 bits per heavy atom. The van der Waals surface area contributed by atoms with E-state index < -0.39 is 16.1 Å². The quantitative estimate of drug-likeness (QED) is 0.631. The van der Waals surface area contributed by atoms with E-state index in [0.29, 0.717) is 57.4 Å². The van der Waals surface area contributed by atoms with Crippen LogP contribution >= 0.6 is 0 Å². The van der Waals surface area contributed by atoms with E-state index in [4.69, 9.17) is 9.47 Å². The molecular weight excluding hydrogens is 466 g/mol. The van der Waals surface area contributed by atoms with Crippen molar-refractivity contribution in [1.82, 2.24) is 14.1 Å². The first-order valence-electron chi connectivity index (χ1n) is 12.2. The monoisotopic (exact) mass is 497 g/mol. The number of likely N-dealkylation sites (N-methyl/N-ethyl adjacent to an activating group) is 1. The van der Waals surface area contributed by atoms with E-state index in [1.54, 1.807) is 22.5 Å². The van der Waals surface area contributed by atoms with E-state index in [9.17, 15) is 13.5 Å². The SMILES string of the molecule is CN1CCc2c(cccc2C(O)CN2CC3=C(C2)CN(S(=O)(=O)c2ccc4c(c2)OCCO4)C3)C1. The average Bonchev–Trinajstić information content (AvgIpc) is 3.42. The first kappa shape index (κ1) is 23.0. The number of benzene rings is 2. The summed E-state index contributed by atoms with van der Waals surface area (Å²) in [5.74, 6) is 1.06. The fourth-order valence-electron chi connectivity index (χ4n) is 5.69. The highest BCUT2D eigenvalue weighted by atomic mass is 32.2. The lowest BCUT2D eigenvalue weighted by Crippen LogP contribution is -2.35. The van der Waals surface area contributed by atoms with Gasteiger partial charge in [0.15, 0.2) is 11.5 Å². The highest BCUT2D eigenvalue weighted by molar-refractivity contribution is 7.89. The number of ether oxygens (including phenoxy) is 2. The molecule has 6 rings (SSSR count). The van der Waals surface area contributed by atoms with Gasteiger partial charge in [-0.2, -0.15) is 4.31 Å². The predicted molar refractivity (Wildman–Crippen MR) is 131 cm³/mol. The van der Waals surface area contributed by atoms with E-state index >= 15 is 0 Å². The van der Waals surface area contributed by atoms with Crippen LogP contribution in [0.3, 0.4) is 0 Å². The number of aliphatic hydroxyl groups excluding tert-OH is 1. The highest BCUT2D eigenvalue weighted by Gasteiger charge is 2.37. The van der Waals surface area contributed by atoms with E-state index in [2.05, 4.69) is 22.9 Å². The van der Waals surface area contributed by atoms with Crippen molar-refractivity contribution in [3.63, 3.8) is 0 Å². The molecule has 4 aliphatic rings. The van der Waals surface area contributed by atoms with Gasteiger partial charge in [-0.3, -0.25) is 4.90 Å². The molecule has 8 nitrogen and oxygen atoms in total. The summed E-state index contributed by atoms with van der Waals surface area (Å²) in [6.45, 7) is 5.53. The van der Waals surface area contributed by atoms with Crippen LogP contribution in [-0.2, 0) is 23.0 Å². The van der Waals surface area contributed by atoms with Crippen molar-refractivity contribution in [1.29, 1.82) is 0 Å². The van der Waals surface area contributed by atoms with Gasteiger partial charge in [-0.15, -0.1) is 0 Å². The van der Waals surface area contributed by atoms with Gasteiger partial charge in [0.25, 0.3) is 0 Å². The molecule has 0 saturated heterocycles. The third-order valence-corrected chi connectivity index (χ3v) is 9.29. The molecule has 1 unspecified atom stereocenters. The molecule has 0 spiro atoms. The summed E-state index contributed by atoms with van der Waals surface area (Å²) in [4.78, 5) is 4.77. The Morgan fingerprint density at radius 3 is 2.49 bits per heavy atom. The molecule has 1 N–H and O–H groups in total. The number of sulfonamides is 1. The maximum atomic E-state index is 13.3. The summed E-state index contributed by atoms with van der Waals surface area (Å²) in [6.07, 6.45) is 0.409. The van der Waals surface area contributed by atoms with Crippen molar-refractivity contribution in [2.45, 2.75) is 24.0 Å². The Labute approximate surface area is 206 Å². The maximum absolute atomic E-state index is 13.3. The first-order valence-corrected chi connectivity index (χ1v) is 13.6. The minimum absolute atomic E-state index is 0.231. The van der Waals surface area contributed by atoms with E-state index in [-0.39, 0.29) is 4.90 Å². The smallest absolute Gasteiger partial charge is 0.243 e. The van der Waals surface area contributed by atoms with Gasteiger partial charge < -0.3 is 19.5 Å². The molecule has 0 aromatic heterocycles. The summed E-state index contributed by atoms with van der Waals surface area (Å²) in [5.41, 5.74) is 5.92. The summed E-state index contributed by atoms with van der Waals surface area (Å²) in [5, 5.41) is 11.1. The number of hydrogen-bond donors (Lipinski definition) is 1. The van der Waals surface area contributed by atoms with Gasteiger partial charge in [-0.25, -0.2) is 8.42 Å². The van der Waals surface area contributed by atoms with Crippen LogP contribution in [0, 0.1) is 0 Å². The molecule has 0 aliphatic carbocycles. The Balaban J connectivity index is 1.10. The third kappa shape index (κ3) is 4.25. The van der Waals surface area contributed by atoms with Gasteiger partial charge in [0.05, 0.1) is 11.0 Å². The Morgan fingerprint density at radius 2 is 1.71 bits per heavy atom. The second-order valence-electron chi connectivity index (χ2n) is 9.94. The molecule has 186 valence electrons. The van der Waals surface area contributed by atoms with E-state index in [1.165, 1.54) is 11.1 Å². The molecule has 2 aromatic rings. The predicted octanol–water partition coefficient (Wildman–Crippen LogP) is 1.80. The van der Waals surface area contributed by atoms with Crippen molar-refractivity contribution in [2.75, 3.05) is 59.5 Å². The van der Waals surface area contributed by atoms with Gasteiger partial charge in [-0.05, 0) is 53.4 Å². The standard InChI is InChI=1S/C26H31N3O5S/c1-27-8-7-22-18(12-27)3-2-4-23(22)24(30)17-28-13-19-15-29(16-20(19)14-28)35(31,32)21-5-6-25-26(11-21)34-10-9-33-25/h2-6,11,24,30H,7-10,12-17H2,1H3. The molecule has 2 aromatic carbocycles. The average molecular weight is 498 g/mol. The fourth-order valence-corrected chi connectivity index (χ4v) is 7.14. The Hall–Kier alpha value is -2.43. The molecule has 0 saturated carbocycles. The van der Waals surface area contributed by atoms with Gasteiger partial charge in [0.1, 0.15) is 13.2 Å². The second-order valence-corrected chi connectivity index (χ2v) is 11.9. The maximum Gasteiger partial charge on any atom is 0.243 e. The Bertz CT molecular complexity index is 1270. The van der Waals surface area contributed by atoms with Crippen molar-refractivity contribution in [3.8, 4) is 11.5 Å². The van der Waals surface area contributed by atoms with Crippen molar-refractivity contribution < 1.29 is 23.0 Å². The lowest BCUT2D eigenvalue weighted by molar-refractivity contribution is 0.124. The van der Waals surface area contributed by atoms with Crippen LogP contribution in [0.4, 0.5) is 0 Å². The molecule has 0 bridgehead atoms. The minimum Gasteiger partial charge on any atom is -0.486 e. The summed E-state index contributed by atoms with van der Waals surface area (Å²) in [7, 11) is -1.50. The molecular formula is C26H31N3O5S. The van der Waals surface area contributed by atoms with Gasteiger partial charge in [0.2, 0.25) is 10.0 Å². The van der Waals surface area contributed by atoms with Crippen LogP contribution in [0.15, 0.2) is 52.4 Å². The number of fused-ring (bicyclic) bond motifs is 2. The normalized spacial score (nSPS) is 21.8. The zero-order valence-electron chi connectivity index (χ0n) is 19.9. The second kappa shape index (κ2) is 8.90. The fraction of sp³-hybridized carbons (Fsp3) is 0.462. The van der Waals surface area contributed by atoms with Crippen LogP contribution in [0.2, 0.25) is 0 Å². The summed E-state index contributed by atoms with van der Waals surface area (Å²) in [6, 6.07) is 11.1. The van der Waals surface area contributed by atoms with Crippen LogP contribution in [-0.4, -0.2) is 87.2 Å². The van der Waals surface area contributed by atoms with Crippen molar-refractivity contribution in [3.05, 3.63) is 64.2 Å². The van der Waals surface area contributed by atoms with Crippen molar-refractivity contribution in [2.24, 2.45) is 0 Å². The molecule has 0 amide bonds. The van der Waals surface area contributed by atoms with E-state index in [1.807, 2.05) is 12.1 Å². The van der Waals surface area contributed by atoms with Gasteiger partial charge in [0, 0.05) is 51.9 Å². The molecule has 35 heavy (non-hydrogen) atoms. The Kier molecular flexibility index (Phi) is 5.85. The highest BCUT2D eigenvalue weighted by Crippen LogP contribution is 2.36. The number of aliphatic hydroxyl groups is 1. The minimum atomic E-state index is -3.63. The van der Waals surface area contributed by atoms with Gasteiger partial charge in [-0.1, -0.05) is 18.2 Å². The van der Waals surface area contributed by atoms with Crippen LogP contribution in [0.5, 0.6) is 11.5 Å². The number of rotatable bonds is 5. The number of β-amino-alcohol motifs (C(OH)–C–C–N with tert-alkyl or cyclic N) is 1. The van der Waals surface area contributed by atoms with Crippen LogP contribution in [0.1, 0.15) is 22.8 Å². The van der Waals surface area contributed by atoms with Gasteiger partial charge >= 0.3 is 0 Å². The topological polar surface area (TPSA) is 82.6 Å². The third-order valence-electron chi connectivity index (χ3n) is 7.50. The van der Waals surface area contributed by atoms with Crippen LogP contribution in [0.25, 0.3) is 0 Å². The zero-order chi connectivity index (χ0) is 24.2. The van der Waals surface area contributed by atoms with E-state index in [0.717, 1.165) is 36.2 Å². The lowest BCUT2D eigenvalue weighted by Gasteiger charge is -2.29. The molecule has 4 aliphatic heterocycles.